The van der Waals surface area contributed by atoms with Gasteiger partial charge in [-0.3, -0.25) is 9.69 Å². The molecule has 2 aliphatic rings. The molecule has 0 aliphatic carbocycles. The number of likely N-dealkylation sites (N-methyl/N-ethyl adjacent to an activating group) is 1. The van der Waals surface area contributed by atoms with Gasteiger partial charge in [-0.2, -0.15) is 18.4 Å². The maximum Gasteiger partial charge on any atom is 0.416 e. The summed E-state index contributed by atoms with van der Waals surface area (Å²) < 4.78 is 91.9. The second-order valence-electron chi connectivity index (χ2n) is 8.79. The van der Waals surface area contributed by atoms with Gasteiger partial charge in [0.25, 0.3) is 5.91 Å². The standard InChI is InChI=1S/C23H19F3N4O6S2/c1-28-12-17-19(21(28)31)20(16-8-7-13(11-27)9-18(16)37(2,33)34)30(38(3,35)36)22(32)29(17)15-6-4-5-14(10-15)23(24,25)26/h4-10,20H,12H2,1-3H3/t20-/m1/s1. The number of nitriles is 1. The zero-order chi connectivity index (χ0) is 28.4. The first-order valence-electron chi connectivity index (χ1n) is 10.7. The quantitative estimate of drug-likeness (QED) is 0.553. The molecule has 0 unspecified atom stereocenters. The summed E-state index contributed by atoms with van der Waals surface area (Å²) in [5.41, 5.74) is -2.18. The van der Waals surface area contributed by atoms with Crippen LogP contribution >= 0.6 is 0 Å². The van der Waals surface area contributed by atoms with Crippen molar-refractivity contribution in [3.8, 4) is 6.07 Å². The third-order valence-corrected chi connectivity index (χ3v) is 8.29. The molecular weight excluding hydrogens is 549 g/mol. The number of halogens is 3. The number of nitrogens with zero attached hydrogens (tertiary/aromatic N) is 4. The third kappa shape index (κ3) is 4.50. The van der Waals surface area contributed by atoms with Crippen LogP contribution in [0.3, 0.4) is 0 Å². The fourth-order valence-corrected chi connectivity index (χ4v) is 6.39. The van der Waals surface area contributed by atoms with E-state index in [1.54, 1.807) is 6.07 Å². The number of alkyl halides is 3. The summed E-state index contributed by atoms with van der Waals surface area (Å²) in [6.07, 6.45) is -3.31. The van der Waals surface area contributed by atoms with Crippen LogP contribution in [-0.2, 0) is 30.8 Å². The van der Waals surface area contributed by atoms with Crippen LogP contribution in [0, 0.1) is 11.3 Å². The first kappa shape index (κ1) is 27.1. The normalized spacial score (nSPS) is 18.7. The second-order valence-corrected chi connectivity index (χ2v) is 12.6. The molecule has 0 radical (unpaired) electrons. The second kappa shape index (κ2) is 8.84. The molecule has 0 N–H and O–H groups in total. The Labute approximate surface area is 216 Å². The molecule has 1 atom stereocenters. The summed E-state index contributed by atoms with van der Waals surface area (Å²) in [5.74, 6) is -0.757. The summed E-state index contributed by atoms with van der Waals surface area (Å²) in [7, 11) is -7.33. The molecule has 0 spiro atoms. The number of benzene rings is 2. The molecule has 2 heterocycles. The van der Waals surface area contributed by atoms with Gasteiger partial charge in [0.2, 0.25) is 10.0 Å². The molecule has 200 valence electrons. The molecule has 0 saturated carbocycles. The summed E-state index contributed by atoms with van der Waals surface area (Å²) in [5, 5.41) is 9.26. The first-order valence-corrected chi connectivity index (χ1v) is 14.4. The van der Waals surface area contributed by atoms with Crippen molar-refractivity contribution in [2.45, 2.75) is 17.1 Å². The van der Waals surface area contributed by atoms with Gasteiger partial charge in [0.15, 0.2) is 9.84 Å². The largest absolute Gasteiger partial charge is 0.416 e. The van der Waals surface area contributed by atoms with Gasteiger partial charge >= 0.3 is 12.2 Å². The number of sulfone groups is 1. The van der Waals surface area contributed by atoms with Crippen LogP contribution in [0.4, 0.5) is 23.7 Å². The molecule has 4 rings (SSSR count). The van der Waals surface area contributed by atoms with Gasteiger partial charge in [0.05, 0.1) is 51.8 Å². The Morgan fingerprint density at radius 2 is 1.68 bits per heavy atom. The Morgan fingerprint density at radius 1 is 1.03 bits per heavy atom. The maximum absolute atomic E-state index is 13.8. The number of sulfonamides is 1. The van der Waals surface area contributed by atoms with E-state index in [4.69, 9.17) is 0 Å². The van der Waals surface area contributed by atoms with E-state index >= 15 is 0 Å². The fourth-order valence-electron chi connectivity index (χ4n) is 4.47. The molecule has 0 bridgehead atoms. The van der Waals surface area contributed by atoms with Crippen LogP contribution in [0.1, 0.15) is 22.7 Å². The first-order chi connectivity index (χ1) is 17.5. The van der Waals surface area contributed by atoms with Gasteiger partial charge in [-0.05, 0) is 35.9 Å². The Bertz CT molecular complexity index is 1680. The smallest absolute Gasteiger partial charge is 0.336 e. The van der Waals surface area contributed by atoms with Crippen molar-refractivity contribution in [1.82, 2.24) is 9.21 Å². The van der Waals surface area contributed by atoms with Crippen molar-refractivity contribution in [1.29, 1.82) is 5.26 Å². The molecule has 0 aromatic heterocycles. The minimum atomic E-state index is -4.78. The zero-order valence-corrected chi connectivity index (χ0v) is 21.6. The Balaban J connectivity index is 2.09. The van der Waals surface area contributed by atoms with Crippen LogP contribution in [0.15, 0.2) is 58.6 Å². The van der Waals surface area contributed by atoms with Gasteiger partial charge in [0, 0.05) is 13.3 Å². The van der Waals surface area contributed by atoms with Crippen LogP contribution in [0.2, 0.25) is 0 Å². The highest BCUT2D eigenvalue weighted by Gasteiger charge is 2.52. The van der Waals surface area contributed by atoms with E-state index in [0.29, 0.717) is 17.2 Å². The molecule has 10 nitrogen and oxygen atoms in total. The van der Waals surface area contributed by atoms with E-state index in [-0.39, 0.29) is 38.9 Å². The number of hydrogen-bond donors (Lipinski definition) is 0. The van der Waals surface area contributed by atoms with Crippen molar-refractivity contribution in [3.63, 3.8) is 0 Å². The third-order valence-electron chi connectivity index (χ3n) is 6.06. The maximum atomic E-state index is 13.8. The molecule has 0 saturated heterocycles. The monoisotopic (exact) mass is 568 g/mol. The number of carbonyl (C=O) groups is 2. The summed E-state index contributed by atoms with van der Waals surface area (Å²) >= 11 is 0. The highest BCUT2D eigenvalue weighted by atomic mass is 32.2. The van der Waals surface area contributed by atoms with Crippen molar-refractivity contribution in [2.24, 2.45) is 0 Å². The summed E-state index contributed by atoms with van der Waals surface area (Å²) in [4.78, 5) is 28.5. The van der Waals surface area contributed by atoms with E-state index in [1.165, 1.54) is 13.1 Å². The minimum absolute atomic E-state index is 0.0723. The number of carbonyl (C=O) groups excluding carboxylic acids is 2. The summed E-state index contributed by atoms with van der Waals surface area (Å²) in [6.45, 7) is -0.269. The van der Waals surface area contributed by atoms with Crippen molar-refractivity contribution >= 4 is 37.5 Å². The Kier molecular flexibility index (Phi) is 6.32. The van der Waals surface area contributed by atoms with Gasteiger partial charge < -0.3 is 4.90 Å². The SMILES string of the molecule is CN1CC2=C(C1=O)[C@@H](c1ccc(C#N)cc1S(C)(=O)=O)N(S(C)(=O)=O)C(=O)N2c1cccc(C(F)(F)F)c1. The van der Waals surface area contributed by atoms with Gasteiger partial charge in [0.1, 0.15) is 6.04 Å². The van der Waals surface area contributed by atoms with E-state index < -0.39 is 54.5 Å². The average Bonchev–Trinajstić information content (AvgIpc) is 3.09. The van der Waals surface area contributed by atoms with Crippen LogP contribution < -0.4 is 4.90 Å². The Morgan fingerprint density at radius 3 is 2.24 bits per heavy atom. The van der Waals surface area contributed by atoms with Crippen molar-refractivity contribution in [3.05, 3.63) is 70.4 Å². The molecule has 15 heteroatoms. The molecule has 2 aliphatic heterocycles. The minimum Gasteiger partial charge on any atom is -0.336 e. The van der Waals surface area contributed by atoms with Crippen molar-refractivity contribution in [2.75, 3.05) is 31.0 Å². The predicted octanol–water partition coefficient (Wildman–Crippen LogP) is 2.65. The van der Waals surface area contributed by atoms with E-state index in [0.717, 1.165) is 41.5 Å². The van der Waals surface area contributed by atoms with Gasteiger partial charge in [-0.1, -0.05) is 12.1 Å². The van der Waals surface area contributed by atoms with Crippen molar-refractivity contribution < 1.29 is 39.6 Å². The van der Waals surface area contributed by atoms with Gasteiger partial charge in [-0.15, -0.1) is 0 Å². The molecule has 38 heavy (non-hydrogen) atoms. The number of anilines is 1. The molecule has 2 aromatic carbocycles. The number of urea groups is 1. The number of amides is 3. The average molecular weight is 569 g/mol. The molecule has 2 aromatic rings. The summed E-state index contributed by atoms with van der Waals surface area (Å²) in [6, 6.07) is 5.67. The molecule has 0 fully saturated rings. The fraction of sp³-hybridized carbons (Fsp3) is 0.261. The highest BCUT2D eigenvalue weighted by molar-refractivity contribution is 7.90. The van der Waals surface area contributed by atoms with E-state index in [2.05, 4.69) is 0 Å². The number of rotatable bonds is 4. The van der Waals surface area contributed by atoms with Crippen LogP contribution in [0.25, 0.3) is 0 Å². The Hall–Kier alpha value is -3.90. The lowest BCUT2D eigenvalue weighted by atomic mass is 9.94. The topological polar surface area (TPSA) is 136 Å². The highest BCUT2D eigenvalue weighted by Crippen LogP contribution is 2.46. The van der Waals surface area contributed by atoms with Crippen LogP contribution in [-0.4, -0.2) is 64.1 Å². The predicted molar refractivity (Wildman–Crippen MR) is 128 cm³/mol. The van der Waals surface area contributed by atoms with Crippen LogP contribution in [0.5, 0.6) is 0 Å². The van der Waals surface area contributed by atoms with E-state index in [9.17, 15) is 44.9 Å². The lowest BCUT2D eigenvalue weighted by Gasteiger charge is -2.40. The lowest BCUT2D eigenvalue weighted by molar-refractivity contribution is -0.137. The molecule has 3 amide bonds. The zero-order valence-electron chi connectivity index (χ0n) is 20.0. The molecular formula is C23H19F3N4O6S2. The van der Waals surface area contributed by atoms with Gasteiger partial charge in [-0.25, -0.2) is 25.9 Å². The van der Waals surface area contributed by atoms with E-state index in [1.807, 2.05) is 0 Å². The lowest BCUT2D eigenvalue weighted by Crippen LogP contribution is -2.52. The number of hydrogen-bond acceptors (Lipinski definition) is 7.